The summed E-state index contributed by atoms with van der Waals surface area (Å²) >= 11 is 1.69. The highest BCUT2D eigenvalue weighted by molar-refractivity contribution is 7.10. The molecule has 0 spiro atoms. The van der Waals surface area contributed by atoms with Crippen molar-refractivity contribution in [3.8, 4) is 0 Å². The van der Waals surface area contributed by atoms with E-state index in [1.165, 1.54) is 17.0 Å². The van der Waals surface area contributed by atoms with Crippen LogP contribution in [0.2, 0.25) is 0 Å². The highest BCUT2D eigenvalue weighted by Gasteiger charge is 2.33. The average molecular weight is 429 g/mol. The number of nitrogens with zero attached hydrogens (tertiary/aromatic N) is 2. The van der Waals surface area contributed by atoms with Crippen molar-refractivity contribution in [2.45, 2.75) is 45.1 Å². The van der Waals surface area contributed by atoms with Gasteiger partial charge >= 0.3 is 0 Å². The van der Waals surface area contributed by atoms with Gasteiger partial charge in [-0.2, -0.15) is 0 Å². The number of fused-ring (bicyclic) bond motifs is 1. The highest BCUT2D eigenvalue weighted by Crippen LogP contribution is 2.37. The van der Waals surface area contributed by atoms with Gasteiger partial charge in [-0.15, -0.1) is 17.9 Å². The number of carbonyl (C=O) groups excluding carboxylic acids is 2. The Morgan fingerprint density at radius 1 is 1.27 bits per heavy atom. The predicted octanol–water partition coefficient (Wildman–Crippen LogP) is 4.96. The van der Waals surface area contributed by atoms with Gasteiger partial charge in [0, 0.05) is 24.4 Å². The van der Waals surface area contributed by atoms with E-state index in [1.54, 1.807) is 34.4 Å². The molecule has 1 atom stereocenters. The lowest BCUT2D eigenvalue weighted by molar-refractivity contribution is -0.141. The Balaban J connectivity index is 1.80. The van der Waals surface area contributed by atoms with Crippen LogP contribution in [0.5, 0.6) is 0 Å². The minimum Gasteiger partial charge on any atom is -0.330 e. The molecule has 6 heteroatoms. The van der Waals surface area contributed by atoms with E-state index in [-0.39, 0.29) is 30.2 Å². The molecular weight excluding hydrogens is 399 g/mol. The van der Waals surface area contributed by atoms with Crippen LogP contribution in [0.25, 0.3) is 0 Å². The maximum absolute atomic E-state index is 13.5. The zero-order valence-corrected chi connectivity index (χ0v) is 18.3. The summed E-state index contributed by atoms with van der Waals surface area (Å²) in [6, 6.07) is 8.13. The Labute approximate surface area is 182 Å². The third-order valence-electron chi connectivity index (χ3n) is 5.49. The number of thiophene rings is 1. The number of carbonyl (C=O) groups is 2. The van der Waals surface area contributed by atoms with Crippen LogP contribution in [0.3, 0.4) is 0 Å². The normalized spacial score (nSPS) is 15.5. The topological polar surface area (TPSA) is 40.6 Å². The first-order chi connectivity index (χ1) is 14.5. The van der Waals surface area contributed by atoms with Crippen LogP contribution in [-0.2, 0) is 16.0 Å². The van der Waals surface area contributed by atoms with Crippen molar-refractivity contribution in [1.82, 2.24) is 9.80 Å². The van der Waals surface area contributed by atoms with Gasteiger partial charge in [-0.1, -0.05) is 38.0 Å². The van der Waals surface area contributed by atoms with Gasteiger partial charge in [0.1, 0.15) is 12.4 Å². The smallest absolute Gasteiger partial charge is 0.243 e. The number of unbranched alkanes of at least 4 members (excludes halogenated alkanes) is 2. The summed E-state index contributed by atoms with van der Waals surface area (Å²) in [6.07, 6.45) is 5.78. The summed E-state index contributed by atoms with van der Waals surface area (Å²) in [5.74, 6) is -0.400. The molecule has 1 aromatic heterocycles. The van der Waals surface area contributed by atoms with Crippen LogP contribution in [0.1, 0.15) is 54.7 Å². The molecule has 0 unspecified atom stereocenters. The second kappa shape index (κ2) is 10.5. The maximum Gasteiger partial charge on any atom is 0.243 e. The summed E-state index contributed by atoms with van der Waals surface area (Å²) in [7, 11) is 0. The molecule has 2 heterocycles. The molecule has 0 fully saturated rings. The third kappa shape index (κ3) is 5.17. The molecular formula is C24H29FN2O2S. The largest absolute Gasteiger partial charge is 0.330 e. The zero-order valence-electron chi connectivity index (χ0n) is 17.5. The van der Waals surface area contributed by atoms with Gasteiger partial charge < -0.3 is 9.80 Å². The van der Waals surface area contributed by atoms with E-state index in [4.69, 9.17) is 0 Å². The molecule has 0 saturated carbocycles. The van der Waals surface area contributed by atoms with Crippen molar-refractivity contribution < 1.29 is 14.0 Å². The molecule has 1 aliphatic rings. The molecule has 160 valence electrons. The van der Waals surface area contributed by atoms with Gasteiger partial charge in [-0.05, 0) is 47.5 Å². The molecule has 1 aromatic carbocycles. The van der Waals surface area contributed by atoms with Gasteiger partial charge in [0.2, 0.25) is 11.8 Å². The molecule has 1 aliphatic heterocycles. The maximum atomic E-state index is 13.5. The summed E-state index contributed by atoms with van der Waals surface area (Å²) in [5, 5.41) is 2.04. The molecule has 2 aromatic rings. The van der Waals surface area contributed by atoms with Crippen molar-refractivity contribution in [2.24, 2.45) is 0 Å². The Hall–Kier alpha value is -2.47. The quantitative estimate of drug-likeness (QED) is 0.419. The molecule has 0 saturated heterocycles. The number of benzene rings is 1. The minimum atomic E-state index is -0.298. The van der Waals surface area contributed by atoms with Crippen molar-refractivity contribution in [1.29, 1.82) is 0 Å². The van der Waals surface area contributed by atoms with Crippen LogP contribution in [0.4, 0.5) is 4.39 Å². The van der Waals surface area contributed by atoms with Crippen LogP contribution in [0.15, 0.2) is 48.4 Å². The molecule has 0 N–H and O–H groups in total. The van der Waals surface area contributed by atoms with Gasteiger partial charge in [0.15, 0.2) is 0 Å². The van der Waals surface area contributed by atoms with E-state index in [1.807, 2.05) is 16.3 Å². The van der Waals surface area contributed by atoms with Gasteiger partial charge in [-0.25, -0.2) is 4.39 Å². The summed E-state index contributed by atoms with van der Waals surface area (Å²) < 4.78 is 13.5. The summed E-state index contributed by atoms with van der Waals surface area (Å²) in [5.41, 5.74) is 1.98. The first kappa shape index (κ1) is 22.2. The third-order valence-corrected chi connectivity index (χ3v) is 6.49. The zero-order chi connectivity index (χ0) is 21.5. The molecule has 0 aliphatic carbocycles. The fraction of sp³-hybridized carbons (Fsp3) is 0.417. The first-order valence-corrected chi connectivity index (χ1v) is 11.4. The van der Waals surface area contributed by atoms with E-state index in [9.17, 15) is 14.0 Å². The summed E-state index contributed by atoms with van der Waals surface area (Å²) in [6.45, 7) is 6.81. The molecule has 3 rings (SSSR count). The second-order valence-corrected chi connectivity index (χ2v) is 8.61. The van der Waals surface area contributed by atoms with Crippen molar-refractivity contribution in [2.75, 3.05) is 19.6 Å². The first-order valence-electron chi connectivity index (χ1n) is 10.5. The number of halogens is 1. The van der Waals surface area contributed by atoms with Gasteiger partial charge in [0.05, 0.1) is 6.04 Å². The fourth-order valence-corrected chi connectivity index (χ4v) is 4.84. The molecule has 2 amide bonds. The molecule has 30 heavy (non-hydrogen) atoms. The summed E-state index contributed by atoms with van der Waals surface area (Å²) in [4.78, 5) is 30.6. The number of amides is 2. The van der Waals surface area contributed by atoms with Gasteiger partial charge in [-0.3, -0.25) is 9.59 Å². The molecule has 0 radical (unpaired) electrons. The highest BCUT2D eigenvalue weighted by atomic mass is 32.1. The molecule has 4 nitrogen and oxygen atoms in total. The van der Waals surface area contributed by atoms with E-state index in [2.05, 4.69) is 13.5 Å². The predicted molar refractivity (Wildman–Crippen MR) is 119 cm³/mol. The van der Waals surface area contributed by atoms with Crippen LogP contribution >= 0.6 is 11.3 Å². The van der Waals surface area contributed by atoms with E-state index < -0.39 is 0 Å². The van der Waals surface area contributed by atoms with E-state index >= 15 is 0 Å². The van der Waals surface area contributed by atoms with Crippen LogP contribution < -0.4 is 0 Å². The van der Waals surface area contributed by atoms with Crippen molar-refractivity contribution in [3.63, 3.8) is 0 Å². The van der Waals surface area contributed by atoms with Crippen molar-refractivity contribution in [3.05, 3.63) is 70.2 Å². The Bertz CT molecular complexity index is 878. The average Bonchev–Trinajstić information content (AvgIpc) is 3.22. The lowest BCUT2D eigenvalue weighted by Gasteiger charge is -2.37. The number of rotatable bonds is 9. The number of hydrogen-bond donors (Lipinski definition) is 0. The van der Waals surface area contributed by atoms with E-state index in [0.29, 0.717) is 19.5 Å². The standard InChI is InChI=1S/C24H29FN2O2S/c1-3-5-6-7-22(28)26(14-4-2)17-23(29)27-15-12-21-20(13-16-30-21)24(27)18-8-10-19(25)11-9-18/h4,8-11,13,16,24H,2-3,5-7,12,14-15,17H2,1H3/t24-/m0/s1. The fourth-order valence-electron chi connectivity index (χ4n) is 3.94. The monoisotopic (exact) mass is 428 g/mol. The number of hydrogen-bond acceptors (Lipinski definition) is 3. The Kier molecular flexibility index (Phi) is 7.80. The Morgan fingerprint density at radius 2 is 2.03 bits per heavy atom. The molecule has 0 bridgehead atoms. The van der Waals surface area contributed by atoms with Crippen molar-refractivity contribution >= 4 is 23.2 Å². The lowest BCUT2D eigenvalue weighted by atomic mass is 9.93. The lowest BCUT2D eigenvalue weighted by Crippen LogP contribution is -2.46. The van der Waals surface area contributed by atoms with Crippen LogP contribution in [-0.4, -0.2) is 41.2 Å². The minimum absolute atomic E-state index is 0.0109. The van der Waals surface area contributed by atoms with Gasteiger partial charge in [0.25, 0.3) is 0 Å². The Morgan fingerprint density at radius 3 is 2.73 bits per heavy atom. The van der Waals surface area contributed by atoms with Crippen LogP contribution in [0, 0.1) is 5.82 Å². The SMILES string of the molecule is C=CCN(CC(=O)N1CCc2sccc2[C@@H]1c1ccc(F)cc1)C(=O)CCCCC. The van der Waals surface area contributed by atoms with E-state index in [0.717, 1.165) is 36.8 Å². The second-order valence-electron chi connectivity index (χ2n) is 7.61.